The lowest BCUT2D eigenvalue weighted by Gasteiger charge is -2.40. The fourth-order valence-electron chi connectivity index (χ4n) is 2.51. The summed E-state index contributed by atoms with van der Waals surface area (Å²) in [6, 6.07) is 2.16. The maximum atomic E-state index is 11.3. The highest BCUT2D eigenvalue weighted by molar-refractivity contribution is 5.74. The van der Waals surface area contributed by atoms with E-state index in [1.807, 2.05) is 13.0 Å². The van der Waals surface area contributed by atoms with Gasteiger partial charge in [0.2, 0.25) is 0 Å². The number of nitrogens with zero attached hydrogens (tertiary/aromatic N) is 1. The van der Waals surface area contributed by atoms with Gasteiger partial charge in [-0.1, -0.05) is 0 Å². The Hall–Kier alpha value is -1.29. The van der Waals surface area contributed by atoms with E-state index in [4.69, 9.17) is 4.42 Å². The van der Waals surface area contributed by atoms with E-state index in [1.54, 1.807) is 12.5 Å². The lowest BCUT2D eigenvalue weighted by atomic mass is 9.81. The molecule has 1 saturated heterocycles. The number of aliphatic carboxylic acids is 1. The van der Waals surface area contributed by atoms with Gasteiger partial charge in [-0.15, -0.1) is 0 Å². The van der Waals surface area contributed by atoms with Crippen LogP contribution < -0.4 is 0 Å². The monoisotopic (exact) mass is 237 g/mol. The molecule has 2 heterocycles. The number of carboxylic acids is 1. The molecule has 0 spiro atoms. The minimum atomic E-state index is -0.693. The SMILES string of the molecule is CC(c1ccoc1)N1CCCC(C)(C(=O)O)C1. The van der Waals surface area contributed by atoms with Crippen molar-refractivity contribution in [1.29, 1.82) is 0 Å². The molecule has 1 N–H and O–H groups in total. The first-order chi connectivity index (χ1) is 8.03. The van der Waals surface area contributed by atoms with Crippen LogP contribution in [0.4, 0.5) is 0 Å². The van der Waals surface area contributed by atoms with Crippen molar-refractivity contribution in [2.75, 3.05) is 13.1 Å². The second kappa shape index (κ2) is 4.53. The maximum Gasteiger partial charge on any atom is 0.310 e. The predicted octanol–water partition coefficient (Wildman–Crippen LogP) is 2.53. The molecule has 0 amide bonds. The van der Waals surface area contributed by atoms with Gasteiger partial charge in [-0.2, -0.15) is 0 Å². The highest BCUT2D eigenvalue weighted by Gasteiger charge is 2.39. The minimum absolute atomic E-state index is 0.215. The lowest BCUT2D eigenvalue weighted by molar-refractivity contribution is -0.151. The third-order valence-corrected chi connectivity index (χ3v) is 3.82. The molecule has 1 aliphatic rings. The highest BCUT2D eigenvalue weighted by Crippen LogP contribution is 2.34. The molecule has 0 aromatic carbocycles. The van der Waals surface area contributed by atoms with Crippen LogP contribution in [0.15, 0.2) is 23.0 Å². The number of furan rings is 1. The second-order valence-corrected chi connectivity index (χ2v) is 5.17. The van der Waals surface area contributed by atoms with Crippen molar-refractivity contribution in [3.8, 4) is 0 Å². The second-order valence-electron chi connectivity index (χ2n) is 5.17. The van der Waals surface area contributed by atoms with Crippen LogP contribution in [0.2, 0.25) is 0 Å². The molecule has 0 saturated carbocycles. The number of carbonyl (C=O) groups is 1. The van der Waals surface area contributed by atoms with Crippen molar-refractivity contribution in [2.45, 2.75) is 32.7 Å². The number of hydrogen-bond donors (Lipinski definition) is 1. The summed E-state index contributed by atoms with van der Waals surface area (Å²) in [6.07, 6.45) is 5.09. The molecule has 17 heavy (non-hydrogen) atoms. The molecular weight excluding hydrogens is 218 g/mol. The summed E-state index contributed by atoms with van der Waals surface area (Å²) < 4.78 is 5.08. The standard InChI is InChI=1S/C13H19NO3/c1-10(11-4-7-17-8-11)14-6-3-5-13(2,9-14)12(15)16/h4,7-8,10H,3,5-6,9H2,1-2H3,(H,15,16). The normalized spacial score (nSPS) is 27.9. The van der Waals surface area contributed by atoms with E-state index >= 15 is 0 Å². The first-order valence-corrected chi connectivity index (χ1v) is 6.02. The van der Waals surface area contributed by atoms with Gasteiger partial charge < -0.3 is 9.52 Å². The minimum Gasteiger partial charge on any atom is -0.481 e. The van der Waals surface area contributed by atoms with Crippen LogP contribution in [0, 0.1) is 5.41 Å². The van der Waals surface area contributed by atoms with Crippen LogP contribution in [-0.2, 0) is 4.79 Å². The summed E-state index contributed by atoms with van der Waals surface area (Å²) in [4.78, 5) is 13.5. The van der Waals surface area contributed by atoms with Crippen LogP contribution in [0.3, 0.4) is 0 Å². The summed E-state index contributed by atoms with van der Waals surface area (Å²) >= 11 is 0. The highest BCUT2D eigenvalue weighted by atomic mass is 16.4. The number of carboxylic acid groups (broad SMARTS) is 1. The predicted molar refractivity (Wildman–Crippen MR) is 63.7 cm³/mol. The molecule has 4 nitrogen and oxygen atoms in total. The van der Waals surface area contributed by atoms with E-state index in [0.29, 0.717) is 6.54 Å². The van der Waals surface area contributed by atoms with Crippen molar-refractivity contribution >= 4 is 5.97 Å². The quantitative estimate of drug-likeness (QED) is 0.877. The van der Waals surface area contributed by atoms with Crippen molar-refractivity contribution in [3.63, 3.8) is 0 Å². The van der Waals surface area contributed by atoms with Gasteiger partial charge in [0.25, 0.3) is 0 Å². The van der Waals surface area contributed by atoms with Crippen LogP contribution in [0.5, 0.6) is 0 Å². The zero-order valence-electron chi connectivity index (χ0n) is 10.3. The van der Waals surface area contributed by atoms with Crippen LogP contribution in [0.1, 0.15) is 38.3 Å². The van der Waals surface area contributed by atoms with Gasteiger partial charge in [0.05, 0.1) is 17.9 Å². The van der Waals surface area contributed by atoms with Gasteiger partial charge in [0.1, 0.15) is 0 Å². The average molecular weight is 237 g/mol. The first-order valence-electron chi connectivity index (χ1n) is 6.02. The van der Waals surface area contributed by atoms with Crippen LogP contribution >= 0.6 is 0 Å². The molecule has 0 bridgehead atoms. The van der Waals surface area contributed by atoms with Gasteiger partial charge in [0, 0.05) is 18.2 Å². The Morgan fingerprint density at radius 2 is 2.41 bits per heavy atom. The van der Waals surface area contributed by atoms with Crippen molar-refractivity contribution in [1.82, 2.24) is 4.90 Å². The Bertz CT molecular complexity index is 387. The molecule has 94 valence electrons. The summed E-state index contributed by atoms with van der Waals surface area (Å²) in [5.41, 5.74) is 0.496. The molecule has 2 atom stereocenters. The first kappa shape index (κ1) is 12.2. The molecule has 1 aromatic heterocycles. The van der Waals surface area contributed by atoms with Crippen molar-refractivity contribution in [3.05, 3.63) is 24.2 Å². The molecular formula is C13H19NO3. The van der Waals surface area contributed by atoms with Crippen molar-refractivity contribution in [2.24, 2.45) is 5.41 Å². The Morgan fingerprint density at radius 1 is 1.65 bits per heavy atom. The zero-order valence-corrected chi connectivity index (χ0v) is 10.3. The maximum absolute atomic E-state index is 11.3. The van der Waals surface area contributed by atoms with E-state index in [0.717, 1.165) is 24.9 Å². The molecule has 0 aliphatic carbocycles. The number of piperidine rings is 1. The topological polar surface area (TPSA) is 53.7 Å². The Labute approximate surface area is 101 Å². The summed E-state index contributed by atoms with van der Waals surface area (Å²) in [5, 5.41) is 9.28. The number of likely N-dealkylation sites (tertiary alicyclic amines) is 1. The smallest absolute Gasteiger partial charge is 0.310 e. The zero-order chi connectivity index (χ0) is 12.5. The van der Waals surface area contributed by atoms with E-state index in [2.05, 4.69) is 11.8 Å². The van der Waals surface area contributed by atoms with Gasteiger partial charge in [-0.3, -0.25) is 9.69 Å². The Balaban J connectivity index is 2.10. The van der Waals surface area contributed by atoms with Gasteiger partial charge >= 0.3 is 5.97 Å². The average Bonchev–Trinajstić information content (AvgIpc) is 2.81. The largest absolute Gasteiger partial charge is 0.481 e. The van der Waals surface area contributed by atoms with Crippen LogP contribution in [-0.4, -0.2) is 29.1 Å². The van der Waals surface area contributed by atoms with E-state index in [1.165, 1.54) is 0 Å². The van der Waals surface area contributed by atoms with Gasteiger partial charge in [-0.05, 0) is 39.3 Å². The summed E-state index contributed by atoms with van der Waals surface area (Å²) in [6.45, 7) is 5.49. The number of rotatable bonds is 3. The molecule has 1 aromatic rings. The van der Waals surface area contributed by atoms with E-state index in [-0.39, 0.29) is 6.04 Å². The molecule has 2 unspecified atom stereocenters. The molecule has 4 heteroatoms. The van der Waals surface area contributed by atoms with Crippen LogP contribution in [0.25, 0.3) is 0 Å². The summed E-state index contributed by atoms with van der Waals surface area (Å²) in [7, 11) is 0. The number of hydrogen-bond acceptors (Lipinski definition) is 3. The van der Waals surface area contributed by atoms with E-state index < -0.39 is 11.4 Å². The Kier molecular flexibility index (Phi) is 3.24. The van der Waals surface area contributed by atoms with E-state index in [9.17, 15) is 9.90 Å². The fourth-order valence-corrected chi connectivity index (χ4v) is 2.51. The van der Waals surface area contributed by atoms with Gasteiger partial charge in [0.15, 0.2) is 0 Å². The van der Waals surface area contributed by atoms with Crippen molar-refractivity contribution < 1.29 is 14.3 Å². The Morgan fingerprint density at radius 3 is 3.00 bits per heavy atom. The third-order valence-electron chi connectivity index (χ3n) is 3.82. The molecule has 1 fully saturated rings. The third kappa shape index (κ3) is 2.36. The van der Waals surface area contributed by atoms with Gasteiger partial charge in [-0.25, -0.2) is 0 Å². The lowest BCUT2D eigenvalue weighted by Crippen LogP contribution is -2.46. The molecule has 1 aliphatic heterocycles. The molecule has 2 rings (SSSR count). The summed E-state index contributed by atoms with van der Waals surface area (Å²) in [5.74, 6) is -0.693. The molecule has 0 radical (unpaired) electrons. The fraction of sp³-hybridized carbons (Fsp3) is 0.615.